The number of nitrogens with zero attached hydrogens (tertiary/aromatic N) is 2. The number of halogens is 1. The molecule has 2 heterocycles. The molecule has 0 radical (unpaired) electrons. The van der Waals surface area contributed by atoms with Crippen molar-refractivity contribution in [2.75, 3.05) is 25.9 Å². The summed E-state index contributed by atoms with van der Waals surface area (Å²) in [6.45, 7) is 0.341. The lowest BCUT2D eigenvalue weighted by Crippen LogP contribution is -2.55. The van der Waals surface area contributed by atoms with Crippen LogP contribution in [0.1, 0.15) is 23.2 Å². The number of carbonyl (C=O) groups excluding carboxylic acids is 2. The lowest BCUT2D eigenvalue weighted by Gasteiger charge is -2.41. The third-order valence-electron chi connectivity index (χ3n) is 4.81. The number of hydrogen-bond donors (Lipinski definition) is 0. The van der Waals surface area contributed by atoms with Gasteiger partial charge in [-0.3, -0.25) is 9.59 Å². The van der Waals surface area contributed by atoms with Crippen molar-refractivity contribution in [3.05, 3.63) is 35.6 Å². The largest absolute Gasteiger partial charge is 0.338 e. The Labute approximate surface area is 133 Å². The molecule has 124 valence electrons. The van der Waals surface area contributed by atoms with Gasteiger partial charge in [-0.25, -0.2) is 12.8 Å². The molecule has 1 aromatic carbocycles. The monoisotopic (exact) mass is 340 g/mol. The van der Waals surface area contributed by atoms with Crippen LogP contribution in [0.15, 0.2) is 24.3 Å². The van der Waals surface area contributed by atoms with Crippen LogP contribution in [-0.2, 0) is 14.6 Å². The van der Waals surface area contributed by atoms with Crippen molar-refractivity contribution in [2.45, 2.75) is 17.7 Å². The molecule has 8 heteroatoms. The molecule has 3 rings (SSSR count). The van der Waals surface area contributed by atoms with Crippen LogP contribution >= 0.6 is 0 Å². The van der Waals surface area contributed by atoms with Gasteiger partial charge in [-0.1, -0.05) is 12.1 Å². The summed E-state index contributed by atoms with van der Waals surface area (Å²) in [6, 6.07) is 5.70. The van der Waals surface area contributed by atoms with Crippen LogP contribution in [0.25, 0.3) is 0 Å². The minimum Gasteiger partial charge on any atom is -0.338 e. The molecule has 0 saturated carbocycles. The van der Waals surface area contributed by atoms with Crippen molar-refractivity contribution < 1.29 is 22.4 Å². The average Bonchev–Trinajstić information content (AvgIpc) is 2.68. The Morgan fingerprint density at radius 1 is 1.22 bits per heavy atom. The van der Waals surface area contributed by atoms with Crippen LogP contribution < -0.4 is 0 Å². The van der Waals surface area contributed by atoms with Crippen LogP contribution in [0, 0.1) is 5.82 Å². The fourth-order valence-corrected chi connectivity index (χ4v) is 5.45. The quantitative estimate of drug-likeness (QED) is 0.752. The molecule has 6 nitrogen and oxygen atoms in total. The maximum absolute atomic E-state index is 13.7. The molecule has 0 aliphatic carbocycles. The number of carbonyl (C=O) groups is 2. The Morgan fingerprint density at radius 3 is 2.35 bits per heavy atom. The Hall–Kier alpha value is -1.96. The normalized spacial score (nSPS) is 22.6. The highest BCUT2D eigenvalue weighted by Crippen LogP contribution is 2.39. The second-order valence-electron chi connectivity index (χ2n) is 5.93. The first-order chi connectivity index (χ1) is 10.8. The highest BCUT2D eigenvalue weighted by molar-refractivity contribution is 7.93. The summed E-state index contributed by atoms with van der Waals surface area (Å²) < 4.78 is 38.4. The summed E-state index contributed by atoms with van der Waals surface area (Å²) in [7, 11) is -2.08. The molecule has 2 amide bonds. The second-order valence-corrected chi connectivity index (χ2v) is 8.21. The molecule has 2 fully saturated rings. The number of benzene rings is 1. The predicted octanol–water partition coefficient (Wildman–Crippen LogP) is 0.645. The summed E-state index contributed by atoms with van der Waals surface area (Å²) in [5.74, 6) is -1.95. The van der Waals surface area contributed by atoms with Crippen LogP contribution in [0.4, 0.5) is 4.39 Å². The molecule has 23 heavy (non-hydrogen) atoms. The number of likely N-dealkylation sites (tertiary alicyclic amines) is 1. The highest BCUT2D eigenvalue weighted by Gasteiger charge is 2.57. The number of amides is 2. The van der Waals surface area contributed by atoms with Gasteiger partial charge in [0.15, 0.2) is 9.84 Å². The minimum absolute atomic E-state index is 0.0258. The number of sulfone groups is 1. The van der Waals surface area contributed by atoms with E-state index in [9.17, 15) is 22.4 Å². The van der Waals surface area contributed by atoms with E-state index in [0.717, 1.165) is 0 Å². The van der Waals surface area contributed by atoms with Crippen LogP contribution in [-0.4, -0.2) is 60.8 Å². The second kappa shape index (κ2) is 5.30. The molecule has 1 aromatic rings. The van der Waals surface area contributed by atoms with E-state index < -0.39 is 38.1 Å². The molecule has 0 aromatic heterocycles. The SMILES string of the molecule is CN1C(=O)CS(=O)(=O)C12CCN(C(=O)c1ccccc1F)CC2. The van der Waals surface area contributed by atoms with Crippen LogP contribution in [0.2, 0.25) is 0 Å². The molecule has 2 saturated heterocycles. The van der Waals surface area contributed by atoms with E-state index in [2.05, 4.69) is 0 Å². The van der Waals surface area contributed by atoms with Gasteiger partial charge in [-0.2, -0.15) is 0 Å². The topological polar surface area (TPSA) is 74.8 Å². The van der Waals surface area contributed by atoms with E-state index in [4.69, 9.17) is 0 Å². The molecule has 2 aliphatic rings. The van der Waals surface area contributed by atoms with E-state index in [1.165, 1.54) is 35.0 Å². The fraction of sp³-hybridized carbons (Fsp3) is 0.467. The zero-order valence-electron chi connectivity index (χ0n) is 12.7. The fourth-order valence-electron chi connectivity index (χ4n) is 3.34. The molecule has 0 N–H and O–H groups in total. The minimum atomic E-state index is -3.57. The Kier molecular flexibility index (Phi) is 3.66. The Balaban J connectivity index is 1.80. The van der Waals surface area contributed by atoms with Crippen molar-refractivity contribution in [1.82, 2.24) is 9.80 Å². The van der Waals surface area contributed by atoms with Crippen LogP contribution in [0.3, 0.4) is 0 Å². The zero-order chi connectivity index (χ0) is 16.8. The first-order valence-corrected chi connectivity index (χ1v) is 8.96. The van der Waals surface area contributed by atoms with Gasteiger partial charge in [-0.05, 0) is 12.1 Å². The van der Waals surface area contributed by atoms with E-state index >= 15 is 0 Å². The highest BCUT2D eigenvalue weighted by atomic mass is 32.2. The molecule has 0 atom stereocenters. The van der Waals surface area contributed by atoms with Gasteiger partial charge in [-0.15, -0.1) is 0 Å². The van der Waals surface area contributed by atoms with Crippen molar-refractivity contribution in [3.8, 4) is 0 Å². The third kappa shape index (κ3) is 2.32. The van der Waals surface area contributed by atoms with Gasteiger partial charge in [0.25, 0.3) is 5.91 Å². The molecular formula is C15H17FN2O4S. The maximum Gasteiger partial charge on any atom is 0.256 e. The molecule has 0 bridgehead atoms. The molecule has 0 unspecified atom stereocenters. The zero-order valence-corrected chi connectivity index (χ0v) is 13.5. The maximum atomic E-state index is 13.7. The Bertz CT molecular complexity index is 769. The molecule has 2 aliphatic heterocycles. The summed E-state index contributed by atoms with van der Waals surface area (Å²) in [4.78, 5) is 25.6. The van der Waals surface area contributed by atoms with E-state index in [1.54, 1.807) is 6.07 Å². The predicted molar refractivity (Wildman–Crippen MR) is 80.8 cm³/mol. The molecule has 1 spiro atoms. The van der Waals surface area contributed by atoms with Gasteiger partial charge in [0.05, 0.1) is 5.56 Å². The van der Waals surface area contributed by atoms with Crippen LogP contribution in [0.5, 0.6) is 0 Å². The Morgan fingerprint density at radius 2 is 1.83 bits per heavy atom. The number of hydrogen-bond acceptors (Lipinski definition) is 4. The standard InChI is InChI=1S/C15H17FN2O4S/c1-17-13(19)10-23(21,22)15(17)6-8-18(9-7-15)14(20)11-4-2-3-5-12(11)16/h2-5H,6-10H2,1H3. The summed E-state index contributed by atoms with van der Waals surface area (Å²) in [5.41, 5.74) is -0.0258. The summed E-state index contributed by atoms with van der Waals surface area (Å²) in [6.07, 6.45) is 0.301. The first kappa shape index (κ1) is 15.9. The van der Waals surface area contributed by atoms with Gasteiger partial charge >= 0.3 is 0 Å². The van der Waals surface area contributed by atoms with Crippen molar-refractivity contribution in [3.63, 3.8) is 0 Å². The van der Waals surface area contributed by atoms with Crippen molar-refractivity contribution >= 4 is 21.7 Å². The van der Waals surface area contributed by atoms with Gasteiger partial charge in [0.1, 0.15) is 16.4 Å². The number of piperidine rings is 1. The first-order valence-electron chi connectivity index (χ1n) is 7.31. The van der Waals surface area contributed by atoms with E-state index in [0.29, 0.717) is 0 Å². The summed E-state index contributed by atoms with van der Waals surface area (Å²) in [5, 5.41) is 0. The lowest BCUT2D eigenvalue weighted by atomic mass is 10.0. The molecular weight excluding hydrogens is 323 g/mol. The summed E-state index contributed by atoms with van der Waals surface area (Å²) >= 11 is 0. The smallest absolute Gasteiger partial charge is 0.256 e. The third-order valence-corrected chi connectivity index (χ3v) is 7.28. The number of rotatable bonds is 1. The average molecular weight is 340 g/mol. The van der Waals surface area contributed by atoms with Crippen molar-refractivity contribution in [1.29, 1.82) is 0 Å². The lowest BCUT2D eigenvalue weighted by molar-refractivity contribution is -0.129. The van der Waals surface area contributed by atoms with E-state index in [1.807, 2.05) is 0 Å². The van der Waals surface area contributed by atoms with E-state index in [-0.39, 0.29) is 31.5 Å². The van der Waals surface area contributed by atoms with Crippen molar-refractivity contribution in [2.24, 2.45) is 0 Å². The van der Waals surface area contributed by atoms with Gasteiger partial charge < -0.3 is 9.80 Å². The van der Waals surface area contributed by atoms with Gasteiger partial charge in [0.2, 0.25) is 5.91 Å². The van der Waals surface area contributed by atoms with Gasteiger partial charge in [0, 0.05) is 33.0 Å².